The number of anilines is 1. The van der Waals surface area contributed by atoms with E-state index in [1.54, 1.807) is 12.4 Å². The molecule has 0 aliphatic rings. The number of nitrogens with zero attached hydrogens (tertiary/aromatic N) is 1. The standard InChI is InChI=1S/C21H16N2O2/c24-21(23-20-7-3-6-17-13-22-11-10-19(17)20)14-25-18-9-8-15-4-1-2-5-16(15)12-18/h1-13H,14H2,(H,23,24). The minimum atomic E-state index is -0.197. The number of hydrogen-bond acceptors (Lipinski definition) is 3. The first kappa shape index (κ1) is 15.1. The van der Waals surface area contributed by atoms with E-state index in [4.69, 9.17) is 4.74 Å². The van der Waals surface area contributed by atoms with Crippen LogP contribution in [0.2, 0.25) is 0 Å². The van der Waals surface area contributed by atoms with Gasteiger partial charge in [0.05, 0.1) is 0 Å². The summed E-state index contributed by atoms with van der Waals surface area (Å²) in [6, 6.07) is 21.4. The van der Waals surface area contributed by atoms with Crippen LogP contribution in [0.25, 0.3) is 21.5 Å². The second kappa shape index (κ2) is 6.61. The van der Waals surface area contributed by atoms with Crippen LogP contribution in [0, 0.1) is 0 Å². The van der Waals surface area contributed by atoms with Gasteiger partial charge < -0.3 is 10.1 Å². The summed E-state index contributed by atoms with van der Waals surface area (Å²) in [5.74, 6) is 0.480. The highest BCUT2D eigenvalue weighted by Gasteiger charge is 2.07. The lowest BCUT2D eigenvalue weighted by Crippen LogP contribution is -2.20. The van der Waals surface area contributed by atoms with Crippen molar-refractivity contribution < 1.29 is 9.53 Å². The molecule has 0 saturated heterocycles. The molecule has 0 radical (unpaired) electrons. The van der Waals surface area contributed by atoms with Crippen LogP contribution < -0.4 is 10.1 Å². The van der Waals surface area contributed by atoms with E-state index in [1.165, 1.54) is 0 Å². The molecule has 1 aromatic heterocycles. The Morgan fingerprint density at radius 3 is 2.68 bits per heavy atom. The molecule has 1 N–H and O–H groups in total. The molecular weight excluding hydrogens is 312 g/mol. The topological polar surface area (TPSA) is 51.2 Å². The average Bonchev–Trinajstić information content (AvgIpc) is 2.66. The van der Waals surface area contributed by atoms with Crippen molar-refractivity contribution in [2.75, 3.05) is 11.9 Å². The zero-order valence-electron chi connectivity index (χ0n) is 13.5. The Morgan fingerprint density at radius 1 is 0.920 bits per heavy atom. The first-order chi connectivity index (χ1) is 12.3. The quantitative estimate of drug-likeness (QED) is 0.604. The smallest absolute Gasteiger partial charge is 0.262 e. The summed E-state index contributed by atoms with van der Waals surface area (Å²) >= 11 is 0. The number of ether oxygens (including phenoxy) is 1. The molecule has 4 nitrogen and oxygen atoms in total. The predicted octanol–water partition coefficient (Wildman–Crippen LogP) is 4.41. The number of fused-ring (bicyclic) bond motifs is 2. The van der Waals surface area contributed by atoms with Crippen molar-refractivity contribution in [2.24, 2.45) is 0 Å². The van der Waals surface area contributed by atoms with Gasteiger partial charge in [0.2, 0.25) is 0 Å². The zero-order valence-corrected chi connectivity index (χ0v) is 13.5. The third kappa shape index (κ3) is 3.28. The van der Waals surface area contributed by atoms with Gasteiger partial charge in [0.1, 0.15) is 5.75 Å². The van der Waals surface area contributed by atoms with Crippen LogP contribution in [-0.4, -0.2) is 17.5 Å². The van der Waals surface area contributed by atoms with Gasteiger partial charge in [-0.1, -0.05) is 42.5 Å². The van der Waals surface area contributed by atoms with Crippen LogP contribution >= 0.6 is 0 Å². The van der Waals surface area contributed by atoms with E-state index in [2.05, 4.69) is 10.3 Å². The van der Waals surface area contributed by atoms with E-state index in [9.17, 15) is 4.79 Å². The minimum absolute atomic E-state index is 0.0419. The predicted molar refractivity (Wildman–Crippen MR) is 99.8 cm³/mol. The first-order valence-corrected chi connectivity index (χ1v) is 8.04. The molecule has 4 heteroatoms. The number of aromatic nitrogens is 1. The monoisotopic (exact) mass is 328 g/mol. The van der Waals surface area contributed by atoms with E-state index in [0.29, 0.717) is 5.75 Å². The number of carbonyl (C=O) groups excluding carboxylic acids is 1. The second-order valence-corrected chi connectivity index (χ2v) is 5.75. The first-order valence-electron chi connectivity index (χ1n) is 8.04. The summed E-state index contributed by atoms with van der Waals surface area (Å²) < 4.78 is 5.64. The van der Waals surface area contributed by atoms with Crippen molar-refractivity contribution in [3.63, 3.8) is 0 Å². The van der Waals surface area contributed by atoms with E-state index in [0.717, 1.165) is 27.2 Å². The maximum atomic E-state index is 12.2. The second-order valence-electron chi connectivity index (χ2n) is 5.75. The molecular formula is C21H16N2O2. The Kier molecular flexibility index (Phi) is 4.01. The van der Waals surface area contributed by atoms with Crippen molar-refractivity contribution in [1.29, 1.82) is 0 Å². The van der Waals surface area contributed by atoms with Crippen LogP contribution in [0.3, 0.4) is 0 Å². The molecule has 0 aliphatic heterocycles. The molecule has 0 atom stereocenters. The highest BCUT2D eigenvalue weighted by atomic mass is 16.5. The maximum Gasteiger partial charge on any atom is 0.262 e. The van der Waals surface area contributed by atoms with Crippen LogP contribution in [0.15, 0.2) is 79.1 Å². The summed E-state index contributed by atoms with van der Waals surface area (Å²) in [6.45, 7) is -0.0419. The third-order valence-corrected chi connectivity index (χ3v) is 4.05. The Hall–Kier alpha value is -3.40. The number of rotatable bonds is 4. The molecule has 0 spiro atoms. The van der Waals surface area contributed by atoms with Gasteiger partial charge in [-0.25, -0.2) is 0 Å². The van der Waals surface area contributed by atoms with Gasteiger partial charge in [0.25, 0.3) is 5.91 Å². The molecule has 1 amide bonds. The molecule has 0 bridgehead atoms. The molecule has 122 valence electrons. The molecule has 0 unspecified atom stereocenters. The van der Waals surface area contributed by atoms with Crippen molar-refractivity contribution in [1.82, 2.24) is 4.98 Å². The van der Waals surface area contributed by atoms with Gasteiger partial charge >= 0.3 is 0 Å². The summed E-state index contributed by atoms with van der Waals surface area (Å²) in [5.41, 5.74) is 0.756. The fourth-order valence-electron chi connectivity index (χ4n) is 2.82. The van der Waals surface area contributed by atoms with Gasteiger partial charge in [-0.15, -0.1) is 0 Å². The van der Waals surface area contributed by atoms with Gasteiger partial charge in [-0.05, 0) is 35.0 Å². The minimum Gasteiger partial charge on any atom is -0.484 e. The summed E-state index contributed by atoms with van der Waals surface area (Å²) in [7, 11) is 0. The van der Waals surface area contributed by atoms with Gasteiger partial charge in [0.15, 0.2) is 6.61 Å². The van der Waals surface area contributed by atoms with E-state index in [1.807, 2.05) is 66.7 Å². The summed E-state index contributed by atoms with van der Waals surface area (Å²) in [6.07, 6.45) is 3.49. The Balaban J connectivity index is 1.46. The Labute approximate surface area is 145 Å². The van der Waals surface area contributed by atoms with Gasteiger partial charge in [0, 0.05) is 28.9 Å². The lowest BCUT2D eigenvalue weighted by atomic mass is 10.1. The van der Waals surface area contributed by atoms with E-state index < -0.39 is 0 Å². The van der Waals surface area contributed by atoms with Crippen LogP contribution in [0.4, 0.5) is 5.69 Å². The Bertz CT molecular complexity index is 1050. The number of amides is 1. The number of carbonyl (C=O) groups is 1. The van der Waals surface area contributed by atoms with Crippen molar-refractivity contribution in [3.05, 3.63) is 79.1 Å². The molecule has 0 aliphatic carbocycles. The largest absolute Gasteiger partial charge is 0.484 e. The van der Waals surface area contributed by atoms with Gasteiger partial charge in [-0.3, -0.25) is 9.78 Å². The highest BCUT2D eigenvalue weighted by molar-refractivity contribution is 6.02. The van der Waals surface area contributed by atoms with Gasteiger partial charge in [-0.2, -0.15) is 0 Å². The number of nitrogens with one attached hydrogen (secondary N) is 1. The molecule has 3 aromatic carbocycles. The molecule has 25 heavy (non-hydrogen) atoms. The molecule has 4 rings (SSSR count). The fraction of sp³-hybridized carbons (Fsp3) is 0.0476. The highest BCUT2D eigenvalue weighted by Crippen LogP contribution is 2.23. The zero-order chi connectivity index (χ0) is 17.1. The summed E-state index contributed by atoms with van der Waals surface area (Å²) in [5, 5.41) is 7.07. The average molecular weight is 328 g/mol. The van der Waals surface area contributed by atoms with Crippen LogP contribution in [0.5, 0.6) is 5.75 Å². The van der Waals surface area contributed by atoms with E-state index >= 15 is 0 Å². The summed E-state index contributed by atoms with van der Waals surface area (Å²) in [4.78, 5) is 16.3. The number of benzene rings is 3. The fourth-order valence-corrected chi connectivity index (χ4v) is 2.82. The SMILES string of the molecule is O=C(COc1ccc2ccccc2c1)Nc1cccc2cnccc12. The van der Waals surface area contributed by atoms with E-state index in [-0.39, 0.29) is 12.5 Å². The molecule has 0 saturated carbocycles. The van der Waals surface area contributed by atoms with Crippen LogP contribution in [0.1, 0.15) is 0 Å². The van der Waals surface area contributed by atoms with Crippen molar-refractivity contribution in [3.8, 4) is 5.75 Å². The maximum absolute atomic E-state index is 12.2. The number of pyridine rings is 1. The molecule has 0 fully saturated rings. The lowest BCUT2D eigenvalue weighted by molar-refractivity contribution is -0.118. The molecule has 1 heterocycles. The van der Waals surface area contributed by atoms with Crippen molar-refractivity contribution >= 4 is 33.1 Å². The normalized spacial score (nSPS) is 10.7. The lowest BCUT2D eigenvalue weighted by Gasteiger charge is -2.10. The molecule has 4 aromatic rings. The number of hydrogen-bond donors (Lipinski definition) is 1. The Morgan fingerprint density at radius 2 is 1.76 bits per heavy atom. The van der Waals surface area contributed by atoms with Crippen molar-refractivity contribution in [2.45, 2.75) is 0 Å². The third-order valence-electron chi connectivity index (χ3n) is 4.05. The van der Waals surface area contributed by atoms with Crippen LogP contribution in [-0.2, 0) is 4.79 Å².